The predicted octanol–water partition coefficient (Wildman–Crippen LogP) is 4.10. The number of hydrogen-bond acceptors (Lipinski definition) is 5. The van der Waals surface area contributed by atoms with Gasteiger partial charge in [-0.05, 0) is 62.3 Å². The third kappa shape index (κ3) is 11.5. The van der Waals surface area contributed by atoms with Gasteiger partial charge < -0.3 is 18.0 Å². The fourth-order valence-electron chi connectivity index (χ4n) is 1.95. The topological polar surface area (TPSA) is 54.0 Å². The van der Waals surface area contributed by atoms with E-state index in [-0.39, 0.29) is 6.61 Å². The summed E-state index contributed by atoms with van der Waals surface area (Å²) in [5, 5.41) is 0. The molecule has 0 fully saturated rings. The van der Waals surface area contributed by atoms with E-state index in [0.717, 1.165) is 6.08 Å². The van der Waals surface area contributed by atoms with Gasteiger partial charge in [0.1, 0.15) is 0 Å². The molecule has 23 heavy (non-hydrogen) atoms. The number of rotatable bonds is 7. The van der Waals surface area contributed by atoms with E-state index in [1.807, 2.05) is 62.3 Å². The van der Waals surface area contributed by atoms with E-state index in [0.29, 0.717) is 6.04 Å². The van der Waals surface area contributed by atoms with Crippen LogP contribution in [-0.4, -0.2) is 38.2 Å². The zero-order valence-corrected chi connectivity index (χ0v) is 17.2. The van der Waals surface area contributed by atoms with E-state index >= 15 is 0 Å². The molecule has 6 heteroatoms. The van der Waals surface area contributed by atoms with E-state index in [9.17, 15) is 4.79 Å². The van der Waals surface area contributed by atoms with Crippen molar-refractivity contribution in [1.82, 2.24) is 0 Å². The Balaban J connectivity index is 5.44. The van der Waals surface area contributed by atoms with Crippen molar-refractivity contribution in [2.24, 2.45) is 0 Å². The second-order valence-electron chi connectivity index (χ2n) is 8.45. The van der Waals surface area contributed by atoms with E-state index < -0.39 is 31.6 Å². The molecule has 0 aliphatic rings. The van der Waals surface area contributed by atoms with Crippen LogP contribution in [0.15, 0.2) is 12.7 Å². The summed E-state index contributed by atoms with van der Waals surface area (Å²) in [6.45, 7) is 21.2. The molecule has 0 N–H and O–H groups in total. The highest BCUT2D eigenvalue weighted by Crippen LogP contribution is 2.31. The van der Waals surface area contributed by atoms with Gasteiger partial charge in [-0.2, -0.15) is 0 Å². The van der Waals surface area contributed by atoms with E-state index in [1.165, 1.54) is 0 Å². The van der Waals surface area contributed by atoms with Gasteiger partial charge in [-0.1, -0.05) is 6.58 Å². The Labute approximate surface area is 142 Å². The molecular formula is C17H34O5Si. The molecule has 0 rings (SSSR count). The summed E-state index contributed by atoms with van der Waals surface area (Å²) < 4.78 is 23.9. The van der Waals surface area contributed by atoms with E-state index in [1.54, 1.807) is 0 Å². The first-order valence-electron chi connectivity index (χ1n) is 7.97. The van der Waals surface area contributed by atoms with Gasteiger partial charge in [-0.3, -0.25) is 0 Å². The van der Waals surface area contributed by atoms with Crippen LogP contribution in [0.1, 0.15) is 62.3 Å². The molecule has 0 aromatic heterocycles. The van der Waals surface area contributed by atoms with Crippen molar-refractivity contribution in [3.05, 3.63) is 12.7 Å². The van der Waals surface area contributed by atoms with E-state index in [4.69, 9.17) is 18.0 Å². The largest absolute Gasteiger partial charge is 0.505 e. The van der Waals surface area contributed by atoms with Crippen molar-refractivity contribution in [3.8, 4) is 0 Å². The van der Waals surface area contributed by atoms with Crippen LogP contribution in [-0.2, 0) is 22.8 Å². The van der Waals surface area contributed by atoms with Crippen LogP contribution in [0.4, 0.5) is 0 Å². The minimum absolute atomic E-state index is 0.166. The summed E-state index contributed by atoms with van der Waals surface area (Å²) in [5.41, 5.74) is -1.32. The third-order valence-electron chi connectivity index (χ3n) is 2.20. The Morgan fingerprint density at radius 2 is 1.22 bits per heavy atom. The van der Waals surface area contributed by atoms with Gasteiger partial charge in [0.25, 0.3) is 0 Å². The molecule has 136 valence electrons. The van der Waals surface area contributed by atoms with Gasteiger partial charge in [-0.15, -0.1) is 0 Å². The third-order valence-corrected chi connectivity index (χ3v) is 5.79. The first-order chi connectivity index (χ1) is 10.1. The maximum absolute atomic E-state index is 11.3. The molecule has 0 atom stereocenters. The Morgan fingerprint density at radius 3 is 1.48 bits per heavy atom. The fourth-order valence-corrected chi connectivity index (χ4v) is 5.53. The summed E-state index contributed by atoms with van der Waals surface area (Å²) in [6.07, 6.45) is 1.14. The monoisotopic (exact) mass is 346 g/mol. The summed E-state index contributed by atoms with van der Waals surface area (Å²) in [6, 6.07) is 0.387. The number of ether oxygens (including phenoxy) is 1. The minimum atomic E-state index is -3.09. The number of carbonyl (C=O) groups is 1. The van der Waals surface area contributed by atoms with Gasteiger partial charge in [0, 0.05) is 6.08 Å². The van der Waals surface area contributed by atoms with Crippen LogP contribution in [0.2, 0.25) is 6.04 Å². The maximum atomic E-state index is 11.3. The van der Waals surface area contributed by atoms with Crippen molar-refractivity contribution >= 4 is 14.8 Å². The minimum Gasteiger partial charge on any atom is -0.463 e. The number of esters is 1. The van der Waals surface area contributed by atoms with Crippen LogP contribution in [0.5, 0.6) is 0 Å². The number of hydrogen-bond donors (Lipinski definition) is 0. The van der Waals surface area contributed by atoms with E-state index in [2.05, 4.69) is 6.58 Å². The van der Waals surface area contributed by atoms with Gasteiger partial charge in [0.15, 0.2) is 0 Å². The average Bonchev–Trinajstić information content (AvgIpc) is 2.20. The zero-order valence-electron chi connectivity index (χ0n) is 16.2. The molecule has 0 saturated carbocycles. The fraction of sp³-hybridized carbons (Fsp3) is 0.824. The SMILES string of the molecule is C=CC(=O)OCC[Si](OC(C)(C)C)(OC(C)(C)C)OC(C)(C)C. The van der Waals surface area contributed by atoms with Crippen molar-refractivity contribution in [3.63, 3.8) is 0 Å². The van der Waals surface area contributed by atoms with Gasteiger partial charge in [0.05, 0.1) is 29.5 Å². The highest BCUT2D eigenvalue weighted by Gasteiger charge is 2.50. The van der Waals surface area contributed by atoms with Crippen LogP contribution < -0.4 is 0 Å². The number of carbonyl (C=O) groups excluding carboxylic acids is 1. The van der Waals surface area contributed by atoms with Crippen molar-refractivity contribution in [2.75, 3.05) is 6.61 Å². The molecule has 0 unspecified atom stereocenters. The molecule has 0 heterocycles. The zero-order chi connectivity index (χ0) is 18.5. The molecule has 0 aromatic rings. The summed E-state index contributed by atoms with van der Waals surface area (Å²) in [7, 11) is -3.09. The average molecular weight is 347 g/mol. The van der Waals surface area contributed by atoms with Gasteiger partial charge in [-0.25, -0.2) is 4.79 Å². The normalized spacial score (nSPS) is 13.8. The molecule has 0 radical (unpaired) electrons. The first kappa shape index (κ1) is 22.3. The van der Waals surface area contributed by atoms with Crippen molar-refractivity contribution < 1.29 is 22.8 Å². The Morgan fingerprint density at radius 1 is 0.870 bits per heavy atom. The molecule has 0 spiro atoms. The summed E-state index contributed by atoms with van der Waals surface area (Å²) >= 11 is 0. The van der Waals surface area contributed by atoms with Crippen LogP contribution in [0.3, 0.4) is 0 Å². The predicted molar refractivity (Wildman–Crippen MR) is 94.2 cm³/mol. The Hall–Kier alpha value is -0.693. The lowest BCUT2D eigenvalue weighted by molar-refractivity contribution is -0.137. The van der Waals surface area contributed by atoms with Crippen LogP contribution >= 0.6 is 0 Å². The molecular weight excluding hydrogens is 312 g/mol. The maximum Gasteiger partial charge on any atom is 0.505 e. The van der Waals surface area contributed by atoms with Crippen LogP contribution in [0.25, 0.3) is 0 Å². The van der Waals surface area contributed by atoms with Gasteiger partial charge in [0.2, 0.25) is 0 Å². The van der Waals surface area contributed by atoms with Crippen LogP contribution in [0, 0.1) is 0 Å². The Kier molecular flexibility index (Phi) is 7.68. The standard InChI is InChI=1S/C17H34O5Si/c1-11-14(18)19-12-13-23(20-15(2,3)4,21-16(5,6)7)22-17(8,9)10/h11H,1,12-13H2,2-10H3. The van der Waals surface area contributed by atoms with Crippen molar-refractivity contribution in [2.45, 2.75) is 85.2 Å². The molecule has 5 nitrogen and oxygen atoms in total. The highest BCUT2D eigenvalue weighted by atomic mass is 28.4. The van der Waals surface area contributed by atoms with Gasteiger partial charge >= 0.3 is 14.8 Å². The second-order valence-corrected chi connectivity index (χ2v) is 10.9. The quantitative estimate of drug-likeness (QED) is 0.395. The molecule has 0 aromatic carbocycles. The molecule has 0 amide bonds. The Bertz CT molecular complexity index is 358. The molecule has 0 saturated heterocycles. The first-order valence-corrected chi connectivity index (χ1v) is 9.90. The van der Waals surface area contributed by atoms with Crippen molar-refractivity contribution in [1.29, 1.82) is 0 Å². The molecule has 0 aliphatic carbocycles. The lowest BCUT2D eigenvalue weighted by atomic mass is 10.2. The summed E-state index contributed by atoms with van der Waals surface area (Å²) in [4.78, 5) is 11.3. The highest BCUT2D eigenvalue weighted by molar-refractivity contribution is 6.61. The lowest BCUT2D eigenvalue weighted by Crippen LogP contribution is -2.57. The smallest absolute Gasteiger partial charge is 0.463 e. The molecule has 0 bridgehead atoms. The molecule has 0 aliphatic heterocycles. The lowest BCUT2D eigenvalue weighted by Gasteiger charge is -2.42. The summed E-state index contributed by atoms with van der Waals surface area (Å²) in [5.74, 6) is -0.463. The second kappa shape index (κ2) is 7.92.